The first kappa shape index (κ1) is 20.1. The number of amides is 1. The molecule has 0 saturated heterocycles. The quantitative estimate of drug-likeness (QED) is 0.697. The fourth-order valence-electron chi connectivity index (χ4n) is 3.50. The van der Waals surface area contributed by atoms with Crippen LogP contribution >= 0.6 is 11.8 Å². The van der Waals surface area contributed by atoms with Crippen molar-refractivity contribution in [2.24, 2.45) is 13.0 Å². The molecule has 29 heavy (non-hydrogen) atoms. The maximum atomic E-state index is 12.7. The van der Waals surface area contributed by atoms with Crippen LogP contribution < -0.4 is 14.8 Å². The molecule has 7 nitrogen and oxygen atoms in total. The molecule has 1 atom stereocenters. The topological polar surface area (TPSA) is 78.3 Å². The van der Waals surface area contributed by atoms with Gasteiger partial charge < -0.3 is 19.4 Å². The van der Waals surface area contributed by atoms with E-state index in [4.69, 9.17) is 9.47 Å². The molecule has 1 aromatic heterocycles. The van der Waals surface area contributed by atoms with Crippen molar-refractivity contribution in [2.75, 3.05) is 19.0 Å². The molecule has 0 bridgehead atoms. The van der Waals surface area contributed by atoms with E-state index in [9.17, 15) is 4.79 Å². The van der Waals surface area contributed by atoms with Gasteiger partial charge in [-0.05, 0) is 36.5 Å². The summed E-state index contributed by atoms with van der Waals surface area (Å²) in [5.74, 6) is 3.62. The van der Waals surface area contributed by atoms with Crippen LogP contribution in [0.25, 0.3) is 0 Å². The Kier molecular flexibility index (Phi) is 5.99. The lowest BCUT2D eigenvalue weighted by molar-refractivity contribution is -0.119. The zero-order chi connectivity index (χ0) is 20.4. The third-order valence-corrected chi connectivity index (χ3v) is 6.28. The number of aromatic nitrogens is 3. The van der Waals surface area contributed by atoms with E-state index in [-0.39, 0.29) is 17.9 Å². The lowest BCUT2D eigenvalue weighted by Gasteiger charge is -2.24. The van der Waals surface area contributed by atoms with Gasteiger partial charge in [0, 0.05) is 19.4 Å². The minimum absolute atomic E-state index is 0.0169. The van der Waals surface area contributed by atoms with E-state index < -0.39 is 0 Å². The van der Waals surface area contributed by atoms with Gasteiger partial charge in [-0.25, -0.2) is 0 Å². The molecule has 2 aliphatic rings. The molecule has 8 heteroatoms. The summed E-state index contributed by atoms with van der Waals surface area (Å²) in [5.41, 5.74) is 1.03. The van der Waals surface area contributed by atoms with Gasteiger partial charge in [-0.2, -0.15) is 0 Å². The third-order valence-electron chi connectivity index (χ3n) is 5.26. The van der Waals surface area contributed by atoms with Gasteiger partial charge in [-0.3, -0.25) is 4.79 Å². The van der Waals surface area contributed by atoms with E-state index in [1.54, 1.807) is 0 Å². The highest BCUT2D eigenvalue weighted by atomic mass is 32.2. The van der Waals surface area contributed by atoms with Crippen molar-refractivity contribution in [3.63, 3.8) is 0 Å². The molecular formula is C21H28N4O3S. The van der Waals surface area contributed by atoms with Crippen LogP contribution in [-0.4, -0.2) is 39.6 Å². The van der Waals surface area contributed by atoms with Gasteiger partial charge in [0.25, 0.3) is 0 Å². The van der Waals surface area contributed by atoms with Crippen molar-refractivity contribution < 1.29 is 14.3 Å². The summed E-state index contributed by atoms with van der Waals surface area (Å²) in [7, 11) is 1.97. The van der Waals surface area contributed by atoms with Crippen molar-refractivity contribution >= 4 is 17.7 Å². The fraction of sp³-hybridized carbons (Fsp3) is 0.571. The molecule has 0 unspecified atom stereocenters. The van der Waals surface area contributed by atoms with Crippen LogP contribution in [0.15, 0.2) is 23.4 Å². The first-order chi connectivity index (χ1) is 14.0. The van der Waals surface area contributed by atoms with E-state index >= 15 is 0 Å². The molecule has 1 N–H and O–H groups in total. The summed E-state index contributed by atoms with van der Waals surface area (Å²) in [6.07, 6.45) is 3.24. The van der Waals surface area contributed by atoms with Crippen molar-refractivity contribution in [1.82, 2.24) is 20.1 Å². The number of nitrogens with zero attached hydrogens (tertiary/aromatic N) is 3. The Labute approximate surface area is 175 Å². The summed E-state index contributed by atoms with van der Waals surface area (Å²) < 4.78 is 13.5. The van der Waals surface area contributed by atoms with E-state index in [2.05, 4.69) is 29.4 Å². The van der Waals surface area contributed by atoms with Crippen LogP contribution in [0.2, 0.25) is 0 Å². The first-order valence-corrected chi connectivity index (χ1v) is 11.2. The molecule has 2 heterocycles. The van der Waals surface area contributed by atoms with Gasteiger partial charge >= 0.3 is 0 Å². The average molecular weight is 417 g/mol. The molecule has 1 fully saturated rings. The van der Waals surface area contributed by atoms with Gasteiger partial charge in [0.2, 0.25) is 5.91 Å². The van der Waals surface area contributed by atoms with Crippen LogP contribution in [0.5, 0.6) is 11.5 Å². The number of rotatable bonds is 7. The molecule has 156 valence electrons. The van der Waals surface area contributed by atoms with Crippen molar-refractivity contribution in [3.05, 3.63) is 29.6 Å². The summed E-state index contributed by atoms with van der Waals surface area (Å²) >= 11 is 1.43. The van der Waals surface area contributed by atoms with E-state index in [0.717, 1.165) is 34.5 Å². The zero-order valence-corrected chi connectivity index (χ0v) is 18.0. The third kappa shape index (κ3) is 4.69. The number of carbonyl (C=O) groups is 1. The Balaban J connectivity index is 1.40. The lowest BCUT2D eigenvalue weighted by Crippen LogP contribution is -2.33. The smallest absolute Gasteiger partial charge is 0.230 e. The normalized spacial score (nSPS) is 17.1. The van der Waals surface area contributed by atoms with Gasteiger partial charge in [0.15, 0.2) is 16.7 Å². The number of nitrogens with one attached hydrogen (secondary N) is 1. The molecule has 0 radical (unpaired) electrons. The number of hydrogen-bond donors (Lipinski definition) is 1. The maximum Gasteiger partial charge on any atom is 0.230 e. The lowest BCUT2D eigenvalue weighted by atomic mass is 9.95. The maximum absolute atomic E-state index is 12.7. The SMILES string of the molecule is CC(C)[C@@H](NC(=O)CSc1nnc(C2CC2)n1C)c1ccc2c(c1)OCCCO2. The van der Waals surface area contributed by atoms with E-state index in [1.807, 2.05) is 29.8 Å². The summed E-state index contributed by atoms with van der Waals surface area (Å²) in [6, 6.07) is 5.84. The van der Waals surface area contributed by atoms with Crippen LogP contribution in [-0.2, 0) is 11.8 Å². The van der Waals surface area contributed by atoms with Gasteiger partial charge in [0.1, 0.15) is 5.82 Å². The second-order valence-corrected chi connectivity index (χ2v) is 8.95. The second kappa shape index (κ2) is 8.65. The number of carbonyl (C=O) groups excluding carboxylic acids is 1. The molecule has 0 spiro atoms. The number of hydrogen-bond acceptors (Lipinski definition) is 6. The Hall–Kier alpha value is -2.22. The van der Waals surface area contributed by atoms with Crippen LogP contribution in [0, 0.1) is 5.92 Å². The standard InChI is InChI=1S/C21H28N4O3S/c1-13(2)19(15-7-8-16-17(11-15)28-10-4-9-27-16)22-18(26)12-29-21-24-23-20(25(21)3)14-5-6-14/h7-8,11,13-14,19H,4-6,9-10,12H2,1-3H3,(H,22,26)/t19-/m1/s1. The second-order valence-electron chi connectivity index (χ2n) is 8.01. The zero-order valence-electron chi connectivity index (χ0n) is 17.2. The summed E-state index contributed by atoms with van der Waals surface area (Å²) in [4.78, 5) is 12.7. The number of thioether (sulfide) groups is 1. The number of benzene rings is 1. The van der Waals surface area contributed by atoms with Gasteiger partial charge in [-0.1, -0.05) is 31.7 Å². The number of fused-ring (bicyclic) bond motifs is 1. The van der Waals surface area contributed by atoms with E-state index in [0.29, 0.717) is 24.9 Å². The van der Waals surface area contributed by atoms with Crippen LogP contribution in [0.1, 0.15) is 56.5 Å². The molecule has 1 amide bonds. The number of ether oxygens (including phenoxy) is 2. The predicted octanol–water partition coefficient (Wildman–Crippen LogP) is 3.46. The van der Waals surface area contributed by atoms with Gasteiger partial charge in [0.05, 0.1) is 25.0 Å². The highest BCUT2D eigenvalue weighted by molar-refractivity contribution is 7.99. The minimum Gasteiger partial charge on any atom is -0.490 e. The van der Waals surface area contributed by atoms with Gasteiger partial charge in [-0.15, -0.1) is 10.2 Å². The Morgan fingerprint density at radius 2 is 2.00 bits per heavy atom. The molecule has 1 aromatic carbocycles. The monoisotopic (exact) mass is 416 g/mol. The fourth-order valence-corrected chi connectivity index (χ4v) is 4.23. The largest absolute Gasteiger partial charge is 0.490 e. The average Bonchev–Trinajstić information content (AvgIpc) is 3.50. The first-order valence-electron chi connectivity index (χ1n) is 10.2. The summed E-state index contributed by atoms with van der Waals surface area (Å²) in [5, 5.41) is 12.5. The Morgan fingerprint density at radius 3 is 2.72 bits per heavy atom. The molecule has 4 rings (SSSR count). The highest BCUT2D eigenvalue weighted by Gasteiger charge is 2.29. The molecule has 2 aromatic rings. The van der Waals surface area contributed by atoms with Crippen LogP contribution in [0.3, 0.4) is 0 Å². The molecule has 1 aliphatic heterocycles. The molecule has 1 saturated carbocycles. The highest BCUT2D eigenvalue weighted by Crippen LogP contribution is 2.39. The van der Waals surface area contributed by atoms with E-state index in [1.165, 1.54) is 24.6 Å². The Morgan fingerprint density at radius 1 is 1.24 bits per heavy atom. The van der Waals surface area contributed by atoms with Crippen molar-refractivity contribution in [2.45, 2.75) is 50.2 Å². The Bertz CT molecular complexity index is 879. The van der Waals surface area contributed by atoms with Crippen molar-refractivity contribution in [3.8, 4) is 11.5 Å². The van der Waals surface area contributed by atoms with Crippen molar-refractivity contribution in [1.29, 1.82) is 0 Å². The van der Waals surface area contributed by atoms with Crippen LogP contribution in [0.4, 0.5) is 0 Å². The minimum atomic E-state index is -0.0956. The molecular weight excluding hydrogens is 388 g/mol. The summed E-state index contributed by atoms with van der Waals surface area (Å²) in [6.45, 7) is 5.52. The molecule has 1 aliphatic carbocycles. The predicted molar refractivity (Wildman–Crippen MR) is 111 cm³/mol.